The van der Waals surface area contributed by atoms with Gasteiger partial charge < -0.3 is 9.15 Å². The molecule has 1 saturated heterocycles. The summed E-state index contributed by atoms with van der Waals surface area (Å²) in [5.74, 6) is 0.915. The third kappa shape index (κ3) is 2.72. The molecule has 14 heavy (non-hydrogen) atoms. The number of hydrogen-bond acceptors (Lipinski definition) is 3. The SMILES string of the molecule is C(=Cc1ccco1)CN1CCOCC1. The van der Waals surface area contributed by atoms with Crippen LogP contribution >= 0.6 is 0 Å². The molecule has 2 rings (SSSR count). The molecule has 0 saturated carbocycles. The Morgan fingerprint density at radius 3 is 2.93 bits per heavy atom. The molecule has 0 aromatic carbocycles. The van der Waals surface area contributed by atoms with Crippen LogP contribution in [0.1, 0.15) is 5.76 Å². The number of furan rings is 1. The second-order valence-corrected chi connectivity index (χ2v) is 3.33. The van der Waals surface area contributed by atoms with Gasteiger partial charge in [-0.1, -0.05) is 6.08 Å². The van der Waals surface area contributed by atoms with Crippen molar-refractivity contribution in [1.29, 1.82) is 0 Å². The standard InChI is InChI=1S/C11H15NO2/c1(3-11-4-2-8-14-11)5-12-6-9-13-10-7-12/h1-4,8H,5-7,9-10H2. The zero-order valence-electron chi connectivity index (χ0n) is 8.19. The van der Waals surface area contributed by atoms with E-state index in [9.17, 15) is 0 Å². The van der Waals surface area contributed by atoms with Crippen molar-refractivity contribution in [2.75, 3.05) is 32.8 Å². The fraction of sp³-hybridized carbons (Fsp3) is 0.455. The van der Waals surface area contributed by atoms with Gasteiger partial charge in [-0.05, 0) is 18.2 Å². The Morgan fingerprint density at radius 2 is 2.21 bits per heavy atom. The Balaban J connectivity index is 1.76. The van der Waals surface area contributed by atoms with Crippen molar-refractivity contribution in [1.82, 2.24) is 4.90 Å². The van der Waals surface area contributed by atoms with Crippen LogP contribution in [0, 0.1) is 0 Å². The van der Waals surface area contributed by atoms with E-state index in [0.29, 0.717) is 0 Å². The van der Waals surface area contributed by atoms with Crippen molar-refractivity contribution in [2.45, 2.75) is 0 Å². The summed E-state index contributed by atoms with van der Waals surface area (Å²) in [6.45, 7) is 4.75. The van der Waals surface area contributed by atoms with E-state index in [0.717, 1.165) is 38.6 Å². The maximum atomic E-state index is 5.27. The minimum Gasteiger partial charge on any atom is -0.465 e. The van der Waals surface area contributed by atoms with Crippen LogP contribution in [-0.2, 0) is 4.74 Å². The molecule has 2 heterocycles. The van der Waals surface area contributed by atoms with Gasteiger partial charge in [0.15, 0.2) is 0 Å². The van der Waals surface area contributed by atoms with Crippen molar-refractivity contribution in [2.24, 2.45) is 0 Å². The molecule has 76 valence electrons. The second-order valence-electron chi connectivity index (χ2n) is 3.33. The smallest absolute Gasteiger partial charge is 0.126 e. The van der Waals surface area contributed by atoms with E-state index in [1.54, 1.807) is 6.26 Å². The van der Waals surface area contributed by atoms with Crippen LogP contribution < -0.4 is 0 Å². The normalized spacial score (nSPS) is 19.1. The highest BCUT2D eigenvalue weighted by Gasteiger charge is 2.07. The van der Waals surface area contributed by atoms with E-state index < -0.39 is 0 Å². The molecule has 1 aliphatic rings. The molecule has 0 bridgehead atoms. The lowest BCUT2D eigenvalue weighted by Gasteiger charge is -2.24. The first-order chi connectivity index (χ1) is 6.95. The van der Waals surface area contributed by atoms with Gasteiger partial charge in [0.1, 0.15) is 5.76 Å². The predicted molar refractivity (Wildman–Crippen MR) is 55.0 cm³/mol. The number of ether oxygens (including phenoxy) is 1. The van der Waals surface area contributed by atoms with E-state index in [1.165, 1.54) is 0 Å². The molecule has 0 amide bonds. The Morgan fingerprint density at radius 1 is 1.36 bits per heavy atom. The van der Waals surface area contributed by atoms with Crippen LogP contribution in [0.3, 0.4) is 0 Å². The number of morpholine rings is 1. The van der Waals surface area contributed by atoms with Gasteiger partial charge in [-0.15, -0.1) is 0 Å². The van der Waals surface area contributed by atoms with E-state index in [4.69, 9.17) is 9.15 Å². The van der Waals surface area contributed by atoms with Crippen molar-refractivity contribution in [3.8, 4) is 0 Å². The van der Waals surface area contributed by atoms with Gasteiger partial charge in [0.05, 0.1) is 19.5 Å². The van der Waals surface area contributed by atoms with Crippen LogP contribution in [0.4, 0.5) is 0 Å². The Labute approximate surface area is 84.0 Å². The molecule has 0 spiro atoms. The predicted octanol–water partition coefficient (Wildman–Crippen LogP) is 1.62. The van der Waals surface area contributed by atoms with E-state index in [-0.39, 0.29) is 0 Å². The minimum atomic E-state index is 0.856. The van der Waals surface area contributed by atoms with Gasteiger partial charge in [0.2, 0.25) is 0 Å². The number of nitrogens with zero attached hydrogens (tertiary/aromatic N) is 1. The molecule has 1 aromatic heterocycles. The molecule has 0 N–H and O–H groups in total. The molecule has 1 aliphatic heterocycles. The Hall–Kier alpha value is -1.06. The molecule has 0 unspecified atom stereocenters. The lowest BCUT2D eigenvalue weighted by Crippen LogP contribution is -2.36. The molecule has 1 fully saturated rings. The van der Waals surface area contributed by atoms with Crippen LogP contribution in [-0.4, -0.2) is 37.7 Å². The van der Waals surface area contributed by atoms with E-state index in [2.05, 4.69) is 11.0 Å². The number of hydrogen-bond donors (Lipinski definition) is 0. The van der Waals surface area contributed by atoms with Crippen molar-refractivity contribution in [3.63, 3.8) is 0 Å². The summed E-state index contributed by atoms with van der Waals surface area (Å²) in [4.78, 5) is 2.36. The molecular weight excluding hydrogens is 178 g/mol. The molecule has 3 heteroatoms. The third-order valence-corrected chi connectivity index (χ3v) is 2.29. The van der Waals surface area contributed by atoms with Gasteiger partial charge >= 0.3 is 0 Å². The molecule has 3 nitrogen and oxygen atoms in total. The van der Waals surface area contributed by atoms with Crippen molar-refractivity contribution >= 4 is 6.08 Å². The highest BCUT2D eigenvalue weighted by Crippen LogP contribution is 2.03. The zero-order valence-corrected chi connectivity index (χ0v) is 8.19. The van der Waals surface area contributed by atoms with Gasteiger partial charge in [-0.2, -0.15) is 0 Å². The first-order valence-electron chi connectivity index (χ1n) is 4.95. The monoisotopic (exact) mass is 193 g/mol. The summed E-state index contributed by atoms with van der Waals surface area (Å²) >= 11 is 0. The maximum Gasteiger partial charge on any atom is 0.126 e. The average Bonchev–Trinajstić information content (AvgIpc) is 2.72. The summed E-state index contributed by atoms with van der Waals surface area (Å²) in [5, 5.41) is 0. The third-order valence-electron chi connectivity index (χ3n) is 2.29. The highest BCUT2D eigenvalue weighted by atomic mass is 16.5. The minimum absolute atomic E-state index is 0.856. The van der Waals surface area contributed by atoms with Crippen LogP contribution in [0.15, 0.2) is 28.9 Å². The first-order valence-corrected chi connectivity index (χ1v) is 4.95. The summed E-state index contributed by atoms with van der Waals surface area (Å²) in [5.41, 5.74) is 0. The van der Waals surface area contributed by atoms with Gasteiger partial charge in [0.25, 0.3) is 0 Å². The molecule has 0 aliphatic carbocycles. The Bertz CT molecular complexity index is 273. The van der Waals surface area contributed by atoms with E-state index in [1.807, 2.05) is 18.2 Å². The number of rotatable bonds is 3. The summed E-state index contributed by atoms with van der Waals surface area (Å²) in [7, 11) is 0. The molecular formula is C11H15NO2. The van der Waals surface area contributed by atoms with Crippen LogP contribution in [0.5, 0.6) is 0 Å². The fourth-order valence-corrected chi connectivity index (χ4v) is 1.49. The first kappa shape index (κ1) is 9.49. The quantitative estimate of drug-likeness (QED) is 0.729. The summed E-state index contributed by atoms with van der Waals surface area (Å²) in [6, 6.07) is 3.85. The topological polar surface area (TPSA) is 25.6 Å². The lowest BCUT2D eigenvalue weighted by molar-refractivity contribution is 0.0435. The zero-order chi connectivity index (χ0) is 9.64. The van der Waals surface area contributed by atoms with Crippen LogP contribution in [0.2, 0.25) is 0 Å². The van der Waals surface area contributed by atoms with Crippen LogP contribution in [0.25, 0.3) is 6.08 Å². The molecule has 0 atom stereocenters. The highest BCUT2D eigenvalue weighted by molar-refractivity contribution is 5.42. The average molecular weight is 193 g/mol. The van der Waals surface area contributed by atoms with Crippen molar-refractivity contribution in [3.05, 3.63) is 30.2 Å². The second kappa shape index (κ2) is 4.98. The van der Waals surface area contributed by atoms with Crippen molar-refractivity contribution < 1.29 is 9.15 Å². The Kier molecular flexibility index (Phi) is 3.38. The van der Waals surface area contributed by atoms with Gasteiger partial charge in [0, 0.05) is 19.6 Å². The van der Waals surface area contributed by atoms with E-state index >= 15 is 0 Å². The van der Waals surface area contributed by atoms with Gasteiger partial charge in [-0.25, -0.2) is 0 Å². The molecule has 1 aromatic rings. The maximum absolute atomic E-state index is 5.27. The largest absolute Gasteiger partial charge is 0.465 e. The van der Waals surface area contributed by atoms with Gasteiger partial charge in [-0.3, -0.25) is 4.90 Å². The summed E-state index contributed by atoms with van der Waals surface area (Å²) < 4.78 is 10.5. The fourth-order valence-electron chi connectivity index (χ4n) is 1.49. The molecule has 0 radical (unpaired) electrons. The summed E-state index contributed by atoms with van der Waals surface area (Å²) in [6.07, 6.45) is 5.83. The lowest BCUT2D eigenvalue weighted by atomic mass is 10.3.